The molecule has 0 bridgehead atoms. The van der Waals surface area contributed by atoms with Crippen LogP contribution >= 0.6 is 0 Å². The summed E-state index contributed by atoms with van der Waals surface area (Å²) in [6.45, 7) is 1.91. The van der Waals surface area contributed by atoms with Crippen LogP contribution in [0.1, 0.15) is 5.56 Å². The topological polar surface area (TPSA) is 113 Å². The summed E-state index contributed by atoms with van der Waals surface area (Å²) in [4.78, 5) is 10.4. The minimum absolute atomic E-state index is 0.0256. The van der Waals surface area contributed by atoms with Crippen LogP contribution in [0.2, 0.25) is 0 Å². The van der Waals surface area contributed by atoms with E-state index in [1.807, 2.05) is 19.1 Å². The van der Waals surface area contributed by atoms with Gasteiger partial charge in [0.2, 0.25) is 0 Å². The fourth-order valence-electron chi connectivity index (χ4n) is 2.06. The molecule has 0 saturated heterocycles. The number of non-ortho nitro benzene ring substituents is 1. The van der Waals surface area contributed by atoms with E-state index in [2.05, 4.69) is 15.5 Å². The molecule has 2 N–H and O–H groups in total. The van der Waals surface area contributed by atoms with Crippen LogP contribution in [-0.4, -0.2) is 25.1 Å². The van der Waals surface area contributed by atoms with E-state index in [0.29, 0.717) is 17.2 Å². The molecule has 0 radical (unpaired) electrons. The molecule has 22 heavy (non-hydrogen) atoms. The van der Waals surface area contributed by atoms with E-state index in [1.165, 1.54) is 16.8 Å². The Hall–Kier alpha value is -3.29. The summed E-state index contributed by atoms with van der Waals surface area (Å²) in [7, 11) is 0. The quantitative estimate of drug-likeness (QED) is 0.450. The first-order valence-electron chi connectivity index (χ1n) is 6.46. The zero-order valence-electron chi connectivity index (χ0n) is 11.7. The summed E-state index contributed by atoms with van der Waals surface area (Å²) in [5.74, 6) is 0.465. The Kier molecular flexibility index (Phi) is 3.26. The van der Waals surface area contributed by atoms with Crippen molar-refractivity contribution in [1.82, 2.24) is 20.2 Å². The lowest BCUT2D eigenvalue weighted by molar-refractivity contribution is -0.384. The van der Waals surface area contributed by atoms with Crippen molar-refractivity contribution < 1.29 is 4.92 Å². The number of nitrogens with zero attached hydrogens (tertiary/aromatic N) is 5. The number of anilines is 1. The summed E-state index contributed by atoms with van der Waals surface area (Å²) >= 11 is 0. The van der Waals surface area contributed by atoms with E-state index in [-0.39, 0.29) is 5.69 Å². The lowest BCUT2D eigenvalue weighted by atomic mass is 10.1. The van der Waals surface area contributed by atoms with Gasteiger partial charge in [0.1, 0.15) is 0 Å². The maximum Gasteiger partial charge on any atom is 0.271 e. The molecule has 8 heteroatoms. The molecular weight excluding hydrogens is 284 g/mol. The Bertz CT molecular complexity index is 858. The van der Waals surface area contributed by atoms with Crippen molar-refractivity contribution in [2.75, 3.05) is 5.73 Å². The Morgan fingerprint density at radius 2 is 2.05 bits per heavy atom. The molecule has 3 rings (SSSR count). The normalized spacial score (nSPS) is 10.6. The number of hydrogen-bond acceptors (Lipinski definition) is 6. The molecule has 8 nitrogen and oxygen atoms in total. The van der Waals surface area contributed by atoms with Crippen molar-refractivity contribution in [2.45, 2.75) is 6.92 Å². The van der Waals surface area contributed by atoms with Gasteiger partial charge in [0.15, 0.2) is 5.82 Å². The van der Waals surface area contributed by atoms with Crippen molar-refractivity contribution in [3.63, 3.8) is 0 Å². The Morgan fingerprint density at radius 3 is 2.77 bits per heavy atom. The molecule has 110 valence electrons. The molecule has 0 saturated carbocycles. The molecular formula is C14H12N6O2. The van der Waals surface area contributed by atoms with Crippen LogP contribution in [-0.2, 0) is 0 Å². The fourth-order valence-corrected chi connectivity index (χ4v) is 2.06. The summed E-state index contributed by atoms with van der Waals surface area (Å²) < 4.78 is 1.44. The van der Waals surface area contributed by atoms with Crippen molar-refractivity contribution in [1.29, 1.82) is 0 Å². The number of aryl methyl sites for hydroxylation is 1. The van der Waals surface area contributed by atoms with E-state index in [4.69, 9.17) is 5.73 Å². The van der Waals surface area contributed by atoms with Gasteiger partial charge in [0, 0.05) is 23.4 Å². The van der Waals surface area contributed by atoms with Gasteiger partial charge < -0.3 is 5.73 Å². The van der Waals surface area contributed by atoms with Crippen molar-refractivity contribution in [3.8, 4) is 17.1 Å². The minimum Gasteiger partial charge on any atom is -0.398 e. The number of nitrogens with two attached hydrogens (primary N) is 1. The van der Waals surface area contributed by atoms with Gasteiger partial charge in [0.05, 0.1) is 10.6 Å². The summed E-state index contributed by atoms with van der Waals surface area (Å²) in [6, 6.07) is 11.6. The van der Waals surface area contributed by atoms with Crippen LogP contribution in [0, 0.1) is 17.0 Å². The number of hydrogen-bond donors (Lipinski definition) is 1. The van der Waals surface area contributed by atoms with Gasteiger partial charge in [-0.25, -0.2) is 0 Å². The van der Waals surface area contributed by atoms with Gasteiger partial charge >= 0.3 is 0 Å². The highest BCUT2D eigenvalue weighted by Crippen LogP contribution is 2.24. The first kappa shape index (κ1) is 13.7. The molecule has 0 aliphatic carbocycles. The van der Waals surface area contributed by atoms with Gasteiger partial charge in [-0.1, -0.05) is 18.2 Å². The second-order valence-electron chi connectivity index (χ2n) is 4.76. The second-order valence-corrected chi connectivity index (χ2v) is 4.76. The number of nitrogen functional groups attached to an aromatic ring is 1. The molecule has 0 spiro atoms. The standard InChI is InChI=1S/C14H12N6O2/c1-9-5-6-10(7-13(9)15)14-16-17-18-19(14)11-3-2-4-12(8-11)20(21)22/h2-8H,15H2,1H3. The number of benzene rings is 2. The third-order valence-corrected chi connectivity index (χ3v) is 3.29. The first-order valence-corrected chi connectivity index (χ1v) is 6.46. The maximum absolute atomic E-state index is 10.9. The molecule has 0 atom stereocenters. The molecule has 0 amide bonds. The number of nitro groups is 1. The Labute approximate surface area is 125 Å². The van der Waals surface area contributed by atoms with Gasteiger partial charge in [-0.05, 0) is 35.0 Å². The van der Waals surface area contributed by atoms with Crippen molar-refractivity contribution in [2.24, 2.45) is 0 Å². The Balaban J connectivity index is 2.11. The average molecular weight is 296 g/mol. The highest BCUT2D eigenvalue weighted by molar-refractivity contribution is 5.65. The van der Waals surface area contributed by atoms with Crippen LogP contribution in [0.25, 0.3) is 17.1 Å². The number of tetrazole rings is 1. The summed E-state index contributed by atoms with van der Waals surface area (Å²) in [5.41, 5.74) is 8.72. The van der Waals surface area contributed by atoms with E-state index in [0.717, 1.165) is 11.1 Å². The molecule has 0 aliphatic rings. The van der Waals surface area contributed by atoms with E-state index >= 15 is 0 Å². The highest BCUT2D eigenvalue weighted by atomic mass is 16.6. The molecule has 2 aromatic carbocycles. The SMILES string of the molecule is Cc1ccc(-c2nnnn2-c2cccc([N+](=O)[O-])c2)cc1N. The van der Waals surface area contributed by atoms with Gasteiger partial charge in [-0.3, -0.25) is 10.1 Å². The molecule has 1 aromatic heterocycles. The van der Waals surface area contributed by atoms with E-state index in [1.54, 1.807) is 18.2 Å². The van der Waals surface area contributed by atoms with E-state index < -0.39 is 4.92 Å². The van der Waals surface area contributed by atoms with Gasteiger partial charge in [-0.2, -0.15) is 4.68 Å². The fraction of sp³-hybridized carbons (Fsp3) is 0.0714. The maximum atomic E-state index is 10.9. The molecule has 0 fully saturated rings. The minimum atomic E-state index is -0.461. The second kappa shape index (κ2) is 5.24. The number of aromatic nitrogens is 4. The van der Waals surface area contributed by atoms with Crippen LogP contribution in [0.3, 0.4) is 0 Å². The van der Waals surface area contributed by atoms with Crippen LogP contribution in [0.15, 0.2) is 42.5 Å². The third-order valence-electron chi connectivity index (χ3n) is 3.29. The lowest BCUT2D eigenvalue weighted by Gasteiger charge is -2.06. The zero-order chi connectivity index (χ0) is 15.7. The molecule has 3 aromatic rings. The zero-order valence-corrected chi connectivity index (χ0v) is 11.7. The van der Waals surface area contributed by atoms with Crippen molar-refractivity contribution in [3.05, 3.63) is 58.1 Å². The summed E-state index contributed by atoms with van der Waals surface area (Å²) in [6.07, 6.45) is 0. The average Bonchev–Trinajstić information content (AvgIpc) is 2.99. The van der Waals surface area contributed by atoms with Gasteiger partial charge in [0.25, 0.3) is 5.69 Å². The highest BCUT2D eigenvalue weighted by Gasteiger charge is 2.14. The molecule has 0 unspecified atom stereocenters. The molecule has 1 heterocycles. The van der Waals surface area contributed by atoms with Crippen LogP contribution in [0.4, 0.5) is 11.4 Å². The smallest absolute Gasteiger partial charge is 0.271 e. The van der Waals surface area contributed by atoms with E-state index in [9.17, 15) is 10.1 Å². The monoisotopic (exact) mass is 296 g/mol. The Morgan fingerprint density at radius 1 is 1.23 bits per heavy atom. The number of rotatable bonds is 3. The van der Waals surface area contributed by atoms with Crippen LogP contribution in [0.5, 0.6) is 0 Å². The molecule has 0 aliphatic heterocycles. The first-order chi connectivity index (χ1) is 10.6. The summed E-state index contributed by atoms with van der Waals surface area (Å²) in [5, 5.41) is 22.4. The van der Waals surface area contributed by atoms with Crippen molar-refractivity contribution >= 4 is 11.4 Å². The van der Waals surface area contributed by atoms with Crippen LogP contribution < -0.4 is 5.73 Å². The van der Waals surface area contributed by atoms with Gasteiger partial charge in [-0.15, -0.1) is 5.10 Å². The largest absolute Gasteiger partial charge is 0.398 e. The number of nitro benzene ring substituents is 1. The lowest BCUT2D eigenvalue weighted by Crippen LogP contribution is -2.01. The third kappa shape index (κ3) is 2.37. The predicted octanol–water partition coefficient (Wildman–Crippen LogP) is 2.13. The predicted molar refractivity (Wildman–Crippen MR) is 80.4 cm³/mol.